The third-order valence-electron chi connectivity index (χ3n) is 4.08. The molecule has 0 fully saturated rings. The van der Waals surface area contributed by atoms with Crippen molar-refractivity contribution in [2.75, 3.05) is 18.5 Å². The summed E-state index contributed by atoms with van der Waals surface area (Å²) in [5.41, 5.74) is 5.09. The summed E-state index contributed by atoms with van der Waals surface area (Å²) in [7, 11) is 0. The molecular formula is C18H19ClFN3O. The van der Waals surface area contributed by atoms with E-state index >= 15 is 0 Å². The van der Waals surface area contributed by atoms with Crippen LogP contribution in [0.15, 0.2) is 30.3 Å². The Labute approximate surface area is 144 Å². The van der Waals surface area contributed by atoms with Crippen molar-refractivity contribution < 1.29 is 9.50 Å². The summed E-state index contributed by atoms with van der Waals surface area (Å²) in [4.78, 5) is 4.62. The molecule has 6 heteroatoms. The van der Waals surface area contributed by atoms with Gasteiger partial charge < -0.3 is 15.0 Å². The lowest BCUT2D eigenvalue weighted by Gasteiger charge is -2.11. The fourth-order valence-corrected chi connectivity index (χ4v) is 2.87. The predicted molar refractivity (Wildman–Crippen MR) is 95.3 cm³/mol. The van der Waals surface area contributed by atoms with Crippen molar-refractivity contribution in [3.63, 3.8) is 0 Å². The number of fused-ring (bicyclic) bond motifs is 1. The third kappa shape index (κ3) is 3.23. The van der Waals surface area contributed by atoms with Gasteiger partial charge in [0, 0.05) is 6.54 Å². The molecule has 2 aromatic carbocycles. The van der Waals surface area contributed by atoms with Crippen LogP contribution in [0.3, 0.4) is 0 Å². The molecule has 0 spiro atoms. The first-order valence-corrected chi connectivity index (χ1v) is 8.13. The lowest BCUT2D eigenvalue weighted by molar-refractivity contribution is 0.310. The Kier molecular flexibility index (Phi) is 4.73. The van der Waals surface area contributed by atoms with Gasteiger partial charge in [-0.05, 0) is 54.8 Å². The Balaban J connectivity index is 2.08. The molecule has 0 unspecified atom stereocenters. The van der Waals surface area contributed by atoms with Gasteiger partial charge in [0.15, 0.2) is 0 Å². The van der Waals surface area contributed by atoms with Crippen LogP contribution in [0.1, 0.15) is 16.7 Å². The van der Waals surface area contributed by atoms with Crippen molar-refractivity contribution in [2.24, 2.45) is 0 Å². The van der Waals surface area contributed by atoms with E-state index in [1.54, 1.807) is 12.1 Å². The Morgan fingerprint density at radius 1 is 1.21 bits per heavy atom. The number of anilines is 1. The fourth-order valence-electron chi connectivity index (χ4n) is 2.66. The number of aliphatic hydroxyl groups is 1. The van der Waals surface area contributed by atoms with Gasteiger partial charge in [0.05, 0.1) is 29.2 Å². The van der Waals surface area contributed by atoms with E-state index in [4.69, 9.17) is 16.7 Å². The van der Waals surface area contributed by atoms with Crippen LogP contribution in [-0.4, -0.2) is 27.8 Å². The standard InChI is InChI=1S/C18H19ClFN3O/c1-11-7-16-17(8-12(11)2)23(18(22-16)21-5-6-24)10-13-3-4-15(20)14(19)9-13/h3-4,7-9,24H,5-6,10H2,1-2H3,(H,21,22). The Morgan fingerprint density at radius 2 is 1.96 bits per heavy atom. The first-order chi connectivity index (χ1) is 11.5. The van der Waals surface area contributed by atoms with E-state index in [1.165, 1.54) is 17.2 Å². The molecule has 0 radical (unpaired) electrons. The first kappa shape index (κ1) is 16.7. The maximum absolute atomic E-state index is 13.4. The summed E-state index contributed by atoms with van der Waals surface area (Å²) < 4.78 is 15.4. The van der Waals surface area contributed by atoms with Gasteiger partial charge in [-0.2, -0.15) is 0 Å². The number of benzene rings is 2. The predicted octanol–water partition coefficient (Wildman–Crippen LogP) is 3.90. The number of aliphatic hydroxyl groups excluding tert-OH is 1. The van der Waals surface area contributed by atoms with Crippen molar-refractivity contribution in [1.82, 2.24) is 9.55 Å². The molecule has 1 aromatic heterocycles. The number of imidazole rings is 1. The largest absolute Gasteiger partial charge is 0.395 e. The maximum Gasteiger partial charge on any atom is 0.204 e. The Bertz CT molecular complexity index is 892. The average molecular weight is 348 g/mol. The number of rotatable bonds is 5. The summed E-state index contributed by atoms with van der Waals surface area (Å²) in [6, 6.07) is 8.84. The highest BCUT2D eigenvalue weighted by molar-refractivity contribution is 6.30. The van der Waals surface area contributed by atoms with Gasteiger partial charge in [-0.15, -0.1) is 0 Å². The summed E-state index contributed by atoms with van der Waals surface area (Å²) in [6.45, 7) is 5.04. The van der Waals surface area contributed by atoms with E-state index in [9.17, 15) is 4.39 Å². The minimum atomic E-state index is -0.430. The summed E-state index contributed by atoms with van der Waals surface area (Å²) in [6.07, 6.45) is 0. The van der Waals surface area contributed by atoms with Crippen LogP contribution in [0.25, 0.3) is 11.0 Å². The zero-order valence-corrected chi connectivity index (χ0v) is 14.4. The van der Waals surface area contributed by atoms with Crippen LogP contribution in [0.4, 0.5) is 10.3 Å². The molecule has 24 heavy (non-hydrogen) atoms. The number of hydrogen-bond donors (Lipinski definition) is 2. The van der Waals surface area contributed by atoms with Crippen molar-refractivity contribution in [3.05, 3.63) is 57.9 Å². The Hall–Kier alpha value is -2.11. The number of hydrogen-bond acceptors (Lipinski definition) is 3. The van der Waals surface area contributed by atoms with Crippen LogP contribution >= 0.6 is 11.6 Å². The second kappa shape index (κ2) is 6.79. The molecule has 0 aliphatic rings. The lowest BCUT2D eigenvalue weighted by Crippen LogP contribution is -2.12. The van der Waals surface area contributed by atoms with Crippen LogP contribution in [0, 0.1) is 19.7 Å². The molecule has 0 amide bonds. The smallest absolute Gasteiger partial charge is 0.204 e. The normalized spacial score (nSPS) is 11.2. The number of nitrogens with one attached hydrogen (secondary N) is 1. The molecule has 126 valence electrons. The topological polar surface area (TPSA) is 50.1 Å². The van der Waals surface area contributed by atoms with Crippen LogP contribution in [0.2, 0.25) is 5.02 Å². The third-order valence-corrected chi connectivity index (χ3v) is 4.37. The highest BCUT2D eigenvalue weighted by atomic mass is 35.5. The first-order valence-electron chi connectivity index (χ1n) is 7.75. The van der Waals surface area contributed by atoms with Gasteiger partial charge in [0.2, 0.25) is 5.95 Å². The molecule has 0 aliphatic carbocycles. The molecule has 0 bridgehead atoms. The summed E-state index contributed by atoms with van der Waals surface area (Å²) in [5.74, 6) is 0.241. The molecule has 0 aliphatic heterocycles. The van der Waals surface area contributed by atoms with Crippen LogP contribution < -0.4 is 5.32 Å². The van der Waals surface area contributed by atoms with E-state index < -0.39 is 5.82 Å². The molecule has 4 nitrogen and oxygen atoms in total. The molecule has 3 aromatic rings. The van der Waals surface area contributed by atoms with E-state index in [-0.39, 0.29) is 11.6 Å². The van der Waals surface area contributed by atoms with E-state index in [1.807, 2.05) is 17.6 Å². The van der Waals surface area contributed by atoms with Crippen LogP contribution in [0.5, 0.6) is 0 Å². The van der Waals surface area contributed by atoms with Gasteiger partial charge in [-0.25, -0.2) is 9.37 Å². The van der Waals surface area contributed by atoms with Gasteiger partial charge in [0.25, 0.3) is 0 Å². The zero-order valence-electron chi connectivity index (χ0n) is 13.6. The van der Waals surface area contributed by atoms with Crippen molar-refractivity contribution >= 4 is 28.6 Å². The Morgan fingerprint density at radius 3 is 2.67 bits per heavy atom. The second-order valence-corrected chi connectivity index (χ2v) is 6.25. The lowest BCUT2D eigenvalue weighted by atomic mass is 10.1. The van der Waals surface area contributed by atoms with E-state index in [0.29, 0.717) is 19.0 Å². The van der Waals surface area contributed by atoms with Gasteiger partial charge in [-0.3, -0.25) is 0 Å². The highest BCUT2D eigenvalue weighted by Gasteiger charge is 2.13. The maximum atomic E-state index is 13.4. The highest BCUT2D eigenvalue weighted by Crippen LogP contribution is 2.25. The molecule has 0 saturated carbocycles. The fraction of sp³-hybridized carbons (Fsp3) is 0.278. The summed E-state index contributed by atoms with van der Waals surface area (Å²) in [5, 5.41) is 12.3. The monoisotopic (exact) mass is 347 g/mol. The van der Waals surface area contributed by atoms with Gasteiger partial charge >= 0.3 is 0 Å². The average Bonchev–Trinajstić information content (AvgIpc) is 2.86. The number of aryl methyl sites for hydroxylation is 2. The quantitative estimate of drug-likeness (QED) is 0.736. The molecule has 0 atom stereocenters. The minimum absolute atomic E-state index is 0.0175. The number of nitrogens with zero attached hydrogens (tertiary/aromatic N) is 2. The van der Waals surface area contributed by atoms with Crippen molar-refractivity contribution in [3.8, 4) is 0 Å². The van der Waals surface area contributed by atoms with Gasteiger partial charge in [-0.1, -0.05) is 17.7 Å². The summed E-state index contributed by atoms with van der Waals surface area (Å²) >= 11 is 5.89. The zero-order chi connectivity index (χ0) is 17.3. The van der Waals surface area contributed by atoms with Crippen molar-refractivity contribution in [1.29, 1.82) is 0 Å². The van der Waals surface area contributed by atoms with Gasteiger partial charge in [0.1, 0.15) is 5.82 Å². The molecule has 2 N–H and O–H groups in total. The van der Waals surface area contributed by atoms with E-state index in [0.717, 1.165) is 16.6 Å². The molecular weight excluding hydrogens is 329 g/mol. The van der Waals surface area contributed by atoms with Crippen molar-refractivity contribution in [2.45, 2.75) is 20.4 Å². The SMILES string of the molecule is Cc1cc2nc(NCCO)n(Cc3ccc(F)c(Cl)c3)c2cc1C. The number of halogens is 2. The van der Waals surface area contributed by atoms with Crippen LogP contribution in [-0.2, 0) is 6.54 Å². The molecule has 0 saturated heterocycles. The molecule has 3 rings (SSSR count). The molecule has 1 heterocycles. The minimum Gasteiger partial charge on any atom is -0.395 e. The number of aromatic nitrogens is 2. The van der Waals surface area contributed by atoms with E-state index in [2.05, 4.69) is 23.3 Å². The second-order valence-electron chi connectivity index (χ2n) is 5.85.